The third kappa shape index (κ3) is 2.20. The van der Waals surface area contributed by atoms with E-state index in [0.29, 0.717) is 10.6 Å². The molecule has 0 N–H and O–H groups in total. The molecular formula is C19H16N2O2S. The van der Waals surface area contributed by atoms with Crippen LogP contribution in [0.25, 0.3) is 26.0 Å². The van der Waals surface area contributed by atoms with Gasteiger partial charge in [-0.25, -0.2) is 4.98 Å². The van der Waals surface area contributed by atoms with Gasteiger partial charge in [0.25, 0.3) is 5.56 Å². The number of methoxy groups -OCH3 is 1. The van der Waals surface area contributed by atoms with E-state index in [9.17, 15) is 4.79 Å². The van der Waals surface area contributed by atoms with Crippen LogP contribution >= 0.6 is 11.3 Å². The Labute approximate surface area is 143 Å². The predicted octanol–water partition coefficient (Wildman–Crippen LogP) is 4.22. The smallest absolute Gasteiger partial charge is 0.273 e. The molecule has 4 rings (SSSR count). The third-order valence-corrected chi connectivity index (χ3v) is 5.41. The average molecular weight is 336 g/mol. The quantitative estimate of drug-likeness (QED) is 0.673. The Morgan fingerprint density at radius 1 is 1.46 bits per heavy atom. The molecule has 1 atom stereocenters. The van der Waals surface area contributed by atoms with Crippen LogP contribution in [0.4, 0.5) is 0 Å². The predicted molar refractivity (Wildman–Crippen MR) is 99.7 cm³/mol. The summed E-state index contributed by atoms with van der Waals surface area (Å²) in [7, 11) is 1.63. The van der Waals surface area contributed by atoms with Crippen LogP contribution < -0.4 is 10.3 Å². The molecule has 0 radical (unpaired) electrons. The highest BCUT2D eigenvalue weighted by Gasteiger charge is 2.16. The van der Waals surface area contributed by atoms with Crippen molar-refractivity contribution in [3.05, 3.63) is 65.8 Å². The molecule has 0 fully saturated rings. The lowest BCUT2D eigenvalue weighted by molar-refractivity contribution is 0.420. The first-order chi connectivity index (χ1) is 11.7. The van der Waals surface area contributed by atoms with Gasteiger partial charge in [-0.2, -0.15) is 0 Å². The summed E-state index contributed by atoms with van der Waals surface area (Å²) in [5, 5.41) is 1.80. The van der Waals surface area contributed by atoms with Gasteiger partial charge in [-0.05, 0) is 30.5 Å². The number of hydrogen-bond donors (Lipinski definition) is 0. The zero-order valence-corrected chi connectivity index (χ0v) is 14.0. The molecule has 0 spiro atoms. The highest BCUT2D eigenvalue weighted by atomic mass is 32.1. The van der Waals surface area contributed by atoms with Crippen LogP contribution in [0, 0.1) is 5.92 Å². The van der Waals surface area contributed by atoms with Gasteiger partial charge in [-0.15, -0.1) is 17.9 Å². The number of pyridine rings is 2. The lowest BCUT2D eigenvalue weighted by atomic mass is 9.99. The number of ether oxygens (including phenoxy) is 1. The Morgan fingerprint density at radius 3 is 3.04 bits per heavy atom. The minimum absolute atomic E-state index is 0.0227. The van der Waals surface area contributed by atoms with E-state index in [2.05, 4.69) is 23.7 Å². The van der Waals surface area contributed by atoms with Crippen LogP contribution in [-0.2, 0) is 0 Å². The number of rotatable bonds is 3. The fourth-order valence-corrected chi connectivity index (χ4v) is 4.10. The molecule has 1 aliphatic rings. The monoisotopic (exact) mass is 336 g/mol. The standard InChI is InChI=1S/C19H16N2O2S/c1-3-12-4-6-13(7-5-12)21-11-9-14-16-15(23-2)8-10-20-18(16)24-17(14)19(21)22/h3-4,6-12H,1,5H2,2H3. The van der Waals surface area contributed by atoms with E-state index in [0.717, 1.165) is 33.5 Å². The zero-order chi connectivity index (χ0) is 16.7. The molecule has 1 unspecified atom stereocenters. The van der Waals surface area contributed by atoms with E-state index in [1.807, 2.05) is 30.5 Å². The van der Waals surface area contributed by atoms with Gasteiger partial charge in [-0.1, -0.05) is 18.2 Å². The normalized spacial score (nSPS) is 17.2. The Morgan fingerprint density at radius 2 is 2.33 bits per heavy atom. The van der Waals surface area contributed by atoms with Crippen molar-refractivity contribution in [1.82, 2.24) is 9.55 Å². The Bertz CT molecular complexity index is 1070. The third-order valence-electron chi connectivity index (χ3n) is 4.31. The molecule has 5 heteroatoms. The SMILES string of the molecule is C=CC1C=CC(n2ccc3c(sc4nccc(OC)c43)c2=O)=CC1. The fraction of sp³-hybridized carbons (Fsp3) is 0.158. The molecule has 0 saturated carbocycles. The van der Waals surface area contributed by atoms with Gasteiger partial charge >= 0.3 is 0 Å². The van der Waals surface area contributed by atoms with Gasteiger partial charge in [0.1, 0.15) is 15.3 Å². The summed E-state index contributed by atoms with van der Waals surface area (Å²) in [5.74, 6) is 1.08. The van der Waals surface area contributed by atoms with Gasteiger partial charge < -0.3 is 4.74 Å². The molecule has 0 bridgehead atoms. The summed E-state index contributed by atoms with van der Waals surface area (Å²) in [6.45, 7) is 3.82. The van der Waals surface area contributed by atoms with Crippen molar-refractivity contribution >= 4 is 37.3 Å². The minimum Gasteiger partial charge on any atom is -0.496 e. The van der Waals surface area contributed by atoms with Gasteiger partial charge in [-0.3, -0.25) is 9.36 Å². The first-order valence-corrected chi connectivity index (χ1v) is 8.52. The second-order valence-electron chi connectivity index (χ2n) is 5.65. The maximum Gasteiger partial charge on any atom is 0.273 e. The molecular weight excluding hydrogens is 320 g/mol. The Kier molecular flexibility index (Phi) is 3.58. The molecule has 120 valence electrons. The van der Waals surface area contributed by atoms with E-state index in [1.54, 1.807) is 17.9 Å². The van der Waals surface area contributed by atoms with E-state index in [4.69, 9.17) is 4.74 Å². The molecule has 0 aromatic carbocycles. The van der Waals surface area contributed by atoms with E-state index in [-0.39, 0.29) is 5.56 Å². The first kappa shape index (κ1) is 14.9. The van der Waals surface area contributed by atoms with Crippen molar-refractivity contribution in [2.24, 2.45) is 5.92 Å². The summed E-state index contributed by atoms with van der Waals surface area (Å²) >= 11 is 1.41. The molecule has 3 aromatic heterocycles. The zero-order valence-electron chi connectivity index (χ0n) is 13.2. The highest BCUT2D eigenvalue weighted by molar-refractivity contribution is 7.25. The summed E-state index contributed by atoms with van der Waals surface area (Å²) in [6.07, 6.45) is 12.4. The van der Waals surface area contributed by atoms with E-state index >= 15 is 0 Å². The first-order valence-electron chi connectivity index (χ1n) is 7.71. The van der Waals surface area contributed by atoms with Crippen LogP contribution in [0.15, 0.2) is 60.2 Å². The molecule has 4 nitrogen and oxygen atoms in total. The summed E-state index contributed by atoms with van der Waals surface area (Å²) < 4.78 is 7.82. The Balaban J connectivity index is 1.92. The van der Waals surface area contributed by atoms with Crippen LogP contribution in [0.1, 0.15) is 6.42 Å². The number of nitrogens with zero attached hydrogens (tertiary/aromatic N) is 2. The maximum atomic E-state index is 13.0. The van der Waals surface area contributed by atoms with Crippen LogP contribution in [0.2, 0.25) is 0 Å². The number of allylic oxidation sites excluding steroid dienone is 5. The van der Waals surface area contributed by atoms with Crippen molar-refractivity contribution in [3.63, 3.8) is 0 Å². The second kappa shape index (κ2) is 5.76. The van der Waals surface area contributed by atoms with Crippen molar-refractivity contribution < 1.29 is 4.74 Å². The van der Waals surface area contributed by atoms with Gasteiger partial charge in [0, 0.05) is 23.5 Å². The van der Waals surface area contributed by atoms with Crippen molar-refractivity contribution in [2.75, 3.05) is 7.11 Å². The lowest BCUT2D eigenvalue weighted by Gasteiger charge is -2.14. The molecule has 3 heterocycles. The molecule has 3 aromatic rings. The van der Waals surface area contributed by atoms with Crippen molar-refractivity contribution in [1.29, 1.82) is 0 Å². The average Bonchev–Trinajstić information content (AvgIpc) is 3.02. The topological polar surface area (TPSA) is 44.1 Å². The Hall–Kier alpha value is -2.66. The highest BCUT2D eigenvalue weighted by Crippen LogP contribution is 2.36. The number of aromatic nitrogens is 2. The summed E-state index contributed by atoms with van der Waals surface area (Å²) in [6, 6.07) is 3.79. The summed E-state index contributed by atoms with van der Waals surface area (Å²) in [4.78, 5) is 18.2. The van der Waals surface area contributed by atoms with Crippen LogP contribution in [0.3, 0.4) is 0 Å². The van der Waals surface area contributed by atoms with Gasteiger partial charge in [0.2, 0.25) is 0 Å². The van der Waals surface area contributed by atoms with Crippen molar-refractivity contribution in [3.8, 4) is 5.75 Å². The molecule has 24 heavy (non-hydrogen) atoms. The van der Waals surface area contributed by atoms with E-state index in [1.165, 1.54) is 11.3 Å². The van der Waals surface area contributed by atoms with Gasteiger partial charge in [0.15, 0.2) is 0 Å². The fourth-order valence-electron chi connectivity index (χ4n) is 3.01. The molecule has 1 aliphatic carbocycles. The molecule has 0 saturated heterocycles. The summed E-state index contributed by atoms with van der Waals surface area (Å²) in [5.41, 5.74) is 0.878. The van der Waals surface area contributed by atoms with Crippen LogP contribution in [0.5, 0.6) is 5.75 Å². The molecule has 0 aliphatic heterocycles. The number of hydrogen-bond acceptors (Lipinski definition) is 4. The largest absolute Gasteiger partial charge is 0.496 e. The number of fused-ring (bicyclic) bond motifs is 3. The minimum atomic E-state index is -0.0227. The van der Waals surface area contributed by atoms with Crippen LogP contribution in [-0.4, -0.2) is 16.7 Å². The lowest BCUT2D eigenvalue weighted by Crippen LogP contribution is -2.18. The van der Waals surface area contributed by atoms with Gasteiger partial charge in [0.05, 0.1) is 12.5 Å². The van der Waals surface area contributed by atoms with Crippen molar-refractivity contribution in [2.45, 2.75) is 6.42 Å². The van der Waals surface area contributed by atoms with E-state index < -0.39 is 0 Å². The second-order valence-corrected chi connectivity index (χ2v) is 6.65. The maximum absolute atomic E-state index is 13.0. The number of thiophene rings is 1. The molecule has 0 amide bonds.